The van der Waals surface area contributed by atoms with Crippen LogP contribution in [0.15, 0.2) is 11.6 Å². The molecule has 2 bridgehead atoms. The summed E-state index contributed by atoms with van der Waals surface area (Å²) >= 11 is 0. The van der Waals surface area contributed by atoms with Crippen molar-refractivity contribution in [2.45, 2.75) is 39.0 Å². The Labute approximate surface area is 98.7 Å². The molecule has 1 N–H and O–H groups in total. The minimum Gasteiger partial charge on any atom is -0.396 e. The van der Waals surface area contributed by atoms with Crippen LogP contribution in [-0.2, 0) is 4.74 Å². The second-order valence-electron chi connectivity index (χ2n) is 5.28. The highest BCUT2D eigenvalue weighted by Crippen LogP contribution is 2.51. The molecule has 0 aliphatic heterocycles. The summed E-state index contributed by atoms with van der Waals surface area (Å²) in [5.41, 5.74) is 1.68. The van der Waals surface area contributed by atoms with E-state index in [-0.39, 0.29) is 0 Å². The standard InChI is InChI=1S/C14H24O2/c1-2-12-7-11-8-13(14(12)9-11)10-16-6-4-3-5-15/h2,11,13-15H,3-10H2,1H3/b12-2+/t11-,13?,14+/m0/s1. The molecule has 2 heteroatoms. The molecule has 16 heavy (non-hydrogen) atoms. The maximum atomic E-state index is 8.67. The van der Waals surface area contributed by atoms with Crippen LogP contribution in [0.1, 0.15) is 39.0 Å². The molecule has 1 unspecified atom stereocenters. The van der Waals surface area contributed by atoms with Crippen LogP contribution in [0.25, 0.3) is 0 Å². The van der Waals surface area contributed by atoms with E-state index >= 15 is 0 Å². The van der Waals surface area contributed by atoms with Crippen molar-refractivity contribution in [1.82, 2.24) is 0 Å². The molecular weight excluding hydrogens is 200 g/mol. The van der Waals surface area contributed by atoms with Gasteiger partial charge in [0, 0.05) is 19.8 Å². The molecule has 2 fully saturated rings. The molecular formula is C14H24O2. The van der Waals surface area contributed by atoms with Gasteiger partial charge in [-0.3, -0.25) is 0 Å². The number of hydrogen-bond donors (Lipinski definition) is 1. The SMILES string of the molecule is C/C=C1\C[C@H]2CC(COCCCCO)[C@@H]1C2. The first-order valence-electron chi connectivity index (χ1n) is 6.68. The van der Waals surface area contributed by atoms with Crippen molar-refractivity contribution in [3.05, 3.63) is 11.6 Å². The molecule has 2 saturated carbocycles. The van der Waals surface area contributed by atoms with Crippen LogP contribution in [0.4, 0.5) is 0 Å². The minimum atomic E-state index is 0.292. The van der Waals surface area contributed by atoms with E-state index < -0.39 is 0 Å². The lowest BCUT2D eigenvalue weighted by molar-refractivity contribution is 0.0812. The molecule has 0 aromatic rings. The van der Waals surface area contributed by atoms with Gasteiger partial charge in [-0.15, -0.1) is 0 Å². The maximum Gasteiger partial charge on any atom is 0.0500 e. The van der Waals surface area contributed by atoms with Crippen LogP contribution in [0.3, 0.4) is 0 Å². The molecule has 0 aromatic carbocycles. The van der Waals surface area contributed by atoms with E-state index in [2.05, 4.69) is 13.0 Å². The lowest BCUT2D eigenvalue weighted by Gasteiger charge is -2.24. The molecule has 2 aliphatic rings. The van der Waals surface area contributed by atoms with E-state index in [1.54, 1.807) is 5.57 Å². The Hall–Kier alpha value is -0.340. The molecule has 3 atom stereocenters. The fourth-order valence-electron chi connectivity index (χ4n) is 3.41. The van der Waals surface area contributed by atoms with E-state index in [4.69, 9.17) is 9.84 Å². The van der Waals surface area contributed by atoms with Crippen LogP contribution < -0.4 is 0 Å². The van der Waals surface area contributed by atoms with Crippen molar-refractivity contribution in [1.29, 1.82) is 0 Å². The molecule has 92 valence electrons. The summed E-state index contributed by atoms with van der Waals surface area (Å²) in [7, 11) is 0. The summed E-state index contributed by atoms with van der Waals surface area (Å²) in [6.45, 7) is 4.22. The van der Waals surface area contributed by atoms with Crippen molar-refractivity contribution < 1.29 is 9.84 Å². The number of aliphatic hydroxyl groups excluding tert-OH is 1. The van der Waals surface area contributed by atoms with Crippen LogP contribution >= 0.6 is 0 Å². The molecule has 2 nitrogen and oxygen atoms in total. The Morgan fingerprint density at radius 1 is 1.38 bits per heavy atom. The highest BCUT2D eigenvalue weighted by atomic mass is 16.5. The van der Waals surface area contributed by atoms with Crippen LogP contribution in [0.5, 0.6) is 0 Å². The monoisotopic (exact) mass is 224 g/mol. The second-order valence-corrected chi connectivity index (χ2v) is 5.28. The Kier molecular flexibility index (Phi) is 4.42. The number of unbranched alkanes of at least 4 members (excludes halogenated alkanes) is 1. The van der Waals surface area contributed by atoms with Crippen molar-refractivity contribution >= 4 is 0 Å². The van der Waals surface area contributed by atoms with Gasteiger partial charge in [-0.1, -0.05) is 11.6 Å². The number of rotatable bonds is 6. The fourth-order valence-corrected chi connectivity index (χ4v) is 3.41. The molecule has 0 spiro atoms. The van der Waals surface area contributed by atoms with Crippen LogP contribution in [0, 0.1) is 17.8 Å². The van der Waals surface area contributed by atoms with Crippen molar-refractivity contribution in [3.63, 3.8) is 0 Å². The average molecular weight is 224 g/mol. The van der Waals surface area contributed by atoms with E-state index in [9.17, 15) is 0 Å². The van der Waals surface area contributed by atoms with Gasteiger partial charge < -0.3 is 9.84 Å². The smallest absolute Gasteiger partial charge is 0.0500 e. The number of aliphatic hydroxyl groups is 1. The van der Waals surface area contributed by atoms with Gasteiger partial charge in [0.25, 0.3) is 0 Å². The van der Waals surface area contributed by atoms with Gasteiger partial charge in [-0.05, 0) is 56.8 Å². The summed E-state index contributed by atoms with van der Waals surface area (Å²) in [4.78, 5) is 0. The second kappa shape index (κ2) is 5.83. The van der Waals surface area contributed by atoms with Crippen molar-refractivity contribution in [3.8, 4) is 0 Å². The quantitative estimate of drug-likeness (QED) is 0.555. The lowest BCUT2D eigenvalue weighted by Crippen LogP contribution is -2.19. The molecule has 2 aliphatic carbocycles. The van der Waals surface area contributed by atoms with Crippen LogP contribution in [0.2, 0.25) is 0 Å². The first-order chi connectivity index (χ1) is 7.85. The number of ether oxygens (including phenoxy) is 1. The molecule has 0 saturated heterocycles. The summed E-state index contributed by atoms with van der Waals surface area (Å²) in [5.74, 6) is 2.55. The molecule has 0 aromatic heterocycles. The predicted octanol–water partition coefficient (Wildman–Crippen LogP) is 2.77. The van der Waals surface area contributed by atoms with Gasteiger partial charge in [0.15, 0.2) is 0 Å². The average Bonchev–Trinajstić information content (AvgIpc) is 2.87. The topological polar surface area (TPSA) is 29.5 Å². The predicted molar refractivity (Wildman–Crippen MR) is 65.2 cm³/mol. The molecule has 0 amide bonds. The van der Waals surface area contributed by atoms with Crippen molar-refractivity contribution in [2.24, 2.45) is 17.8 Å². The third kappa shape index (κ3) is 2.67. The summed E-state index contributed by atoms with van der Waals surface area (Å²) in [6.07, 6.45) is 8.32. The Bertz CT molecular complexity index is 247. The van der Waals surface area contributed by atoms with Gasteiger partial charge in [0.2, 0.25) is 0 Å². The summed E-state index contributed by atoms with van der Waals surface area (Å²) in [6, 6.07) is 0. The number of fused-ring (bicyclic) bond motifs is 2. The van der Waals surface area contributed by atoms with Gasteiger partial charge in [-0.25, -0.2) is 0 Å². The number of hydrogen-bond acceptors (Lipinski definition) is 2. The first-order valence-corrected chi connectivity index (χ1v) is 6.68. The van der Waals surface area contributed by atoms with E-state index in [1.165, 1.54) is 19.3 Å². The normalized spacial score (nSPS) is 35.1. The molecule has 0 radical (unpaired) electrons. The van der Waals surface area contributed by atoms with Crippen LogP contribution in [-0.4, -0.2) is 24.9 Å². The van der Waals surface area contributed by atoms with Crippen molar-refractivity contribution in [2.75, 3.05) is 19.8 Å². The van der Waals surface area contributed by atoms with E-state index in [1.807, 2.05) is 0 Å². The fraction of sp³-hybridized carbons (Fsp3) is 0.857. The Morgan fingerprint density at radius 3 is 2.94 bits per heavy atom. The van der Waals surface area contributed by atoms with Gasteiger partial charge in [-0.2, -0.15) is 0 Å². The molecule has 2 rings (SSSR count). The zero-order valence-corrected chi connectivity index (χ0v) is 10.3. The summed E-state index contributed by atoms with van der Waals surface area (Å²) in [5, 5.41) is 8.67. The Morgan fingerprint density at radius 2 is 2.25 bits per heavy atom. The first kappa shape index (κ1) is 12.1. The largest absolute Gasteiger partial charge is 0.396 e. The minimum absolute atomic E-state index is 0.292. The zero-order chi connectivity index (χ0) is 11.4. The Balaban J connectivity index is 1.68. The van der Waals surface area contributed by atoms with Gasteiger partial charge in [0.05, 0.1) is 0 Å². The van der Waals surface area contributed by atoms with Gasteiger partial charge in [0.1, 0.15) is 0 Å². The maximum absolute atomic E-state index is 8.67. The third-order valence-electron chi connectivity index (χ3n) is 4.19. The molecule has 0 heterocycles. The lowest BCUT2D eigenvalue weighted by atomic mass is 9.85. The highest BCUT2D eigenvalue weighted by Gasteiger charge is 2.42. The third-order valence-corrected chi connectivity index (χ3v) is 4.19. The van der Waals surface area contributed by atoms with E-state index in [0.29, 0.717) is 6.61 Å². The zero-order valence-electron chi connectivity index (χ0n) is 10.3. The number of allylic oxidation sites excluding steroid dienone is 2. The van der Waals surface area contributed by atoms with E-state index in [0.717, 1.165) is 43.8 Å². The highest BCUT2D eigenvalue weighted by molar-refractivity contribution is 5.18. The summed E-state index contributed by atoms with van der Waals surface area (Å²) < 4.78 is 5.73. The van der Waals surface area contributed by atoms with Gasteiger partial charge >= 0.3 is 0 Å².